The van der Waals surface area contributed by atoms with Gasteiger partial charge >= 0.3 is 0 Å². The molecule has 0 aliphatic heterocycles. The minimum atomic E-state index is -0.839. The molecule has 0 aromatic rings. The molecule has 0 spiro atoms. The van der Waals surface area contributed by atoms with Crippen molar-refractivity contribution in [2.45, 2.75) is 38.8 Å². The zero-order chi connectivity index (χ0) is 9.83. The van der Waals surface area contributed by atoms with Gasteiger partial charge in [-0.2, -0.15) is 20.8 Å². The number of rotatable bonds is 2. The van der Waals surface area contributed by atoms with Crippen LogP contribution in [0.3, 0.4) is 0 Å². The number of hydrogen-bond donors (Lipinski definition) is 0. The van der Waals surface area contributed by atoms with E-state index in [1.807, 2.05) is 12.1 Å². The van der Waals surface area contributed by atoms with Crippen LogP contribution in [0.1, 0.15) is 27.7 Å². The van der Waals surface area contributed by atoms with Crippen LogP contribution in [0.2, 0.25) is 0 Å². The molecule has 0 amide bonds. The third-order valence-corrected chi connectivity index (χ3v) is 1.10. The first-order valence-corrected chi connectivity index (χ1v) is 3.59. The van der Waals surface area contributed by atoms with Crippen LogP contribution >= 0.6 is 0 Å². The molecule has 4 heteroatoms. The highest BCUT2D eigenvalue weighted by Gasteiger charge is 2.19. The number of nitriles is 2. The van der Waals surface area contributed by atoms with Gasteiger partial charge in [0.05, 0.1) is 12.1 Å². The van der Waals surface area contributed by atoms with Gasteiger partial charge in [-0.15, -0.1) is 0 Å². The summed E-state index contributed by atoms with van der Waals surface area (Å²) in [6.07, 6.45) is 0. The smallest absolute Gasteiger partial charge is 0.162 e. The molecule has 0 fully saturated rings. The lowest BCUT2D eigenvalue weighted by Gasteiger charge is -2.11. The Morgan fingerprint density at radius 1 is 0.846 bits per heavy atom. The van der Waals surface area contributed by atoms with Crippen molar-refractivity contribution in [1.82, 2.24) is 0 Å². The molecule has 0 saturated carbocycles. The van der Waals surface area contributed by atoms with Crippen LogP contribution in [-0.2, 0) is 0 Å². The Labute approximate surface area is 79.9 Å². The molecule has 0 saturated heterocycles. The first-order chi connectivity index (χ1) is 5.33. The van der Waals surface area contributed by atoms with Crippen LogP contribution in [-0.4, -0.2) is 11.1 Å². The van der Waals surface area contributed by atoms with Crippen molar-refractivity contribution in [3.63, 3.8) is 0 Å². The van der Waals surface area contributed by atoms with E-state index < -0.39 is 11.1 Å². The average molecular weight is 176 g/mol. The van der Waals surface area contributed by atoms with E-state index in [2.05, 4.69) is 10.2 Å². The average Bonchev–Trinajstić information content (AvgIpc) is 2.02. The number of azo groups is 1. The van der Waals surface area contributed by atoms with Crippen LogP contribution in [0, 0.1) is 30.1 Å². The van der Waals surface area contributed by atoms with Crippen LogP contribution < -0.4 is 0 Å². The Bertz CT molecular complexity index is 234. The highest BCUT2D eigenvalue weighted by molar-refractivity contribution is 5.03. The standard InChI is InChI=1S/C8H12N4.C/c1-7(2,5-9)11-12-8(3,4)6-10;/h1-4H3;. The highest BCUT2D eigenvalue weighted by atomic mass is 15.2. The van der Waals surface area contributed by atoms with Gasteiger partial charge < -0.3 is 0 Å². The molecule has 0 aliphatic carbocycles. The Morgan fingerprint density at radius 3 is 1.23 bits per heavy atom. The quantitative estimate of drug-likeness (QED) is 0.604. The van der Waals surface area contributed by atoms with Crippen LogP contribution in [0.5, 0.6) is 0 Å². The molecule has 13 heavy (non-hydrogen) atoms. The molecule has 4 radical (unpaired) electrons. The summed E-state index contributed by atoms with van der Waals surface area (Å²) in [5.74, 6) is 0. The summed E-state index contributed by atoms with van der Waals surface area (Å²) < 4.78 is 0. The zero-order valence-electron chi connectivity index (χ0n) is 8.29. The van der Waals surface area contributed by atoms with Crippen LogP contribution in [0.4, 0.5) is 0 Å². The lowest BCUT2D eigenvalue weighted by Crippen LogP contribution is -2.17. The van der Waals surface area contributed by atoms with Crippen molar-refractivity contribution in [1.29, 1.82) is 10.5 Å². The SMILES string of the molecule is CC(C)(C#N)N=NC(C)(C)C#N.[C]. The first-order valence-electron chi connectivity index (χ1n) is 3.59. The lowest BCUT2D eigenvalue weighted by atomic mass is 10.1. The molecule has 0 heterocycles. The van der Waals surface area contributed by atoms with Crippen LogP contribution in [0.25, 0.3) is 0 Å². The molecule has 4 nitrogen and oxygen atoms in total. The first kappa shape index (κ1) is 14.1. The molecular weight excluding hydrogens is 164 g/mol. The van der Waals surface area contributed by atoms with E-state index in [1.54, 1.807) is 27.7 Å². The maximum Gasteiger partial charge on any atom is 0.162 e. The molecule has 0 bridgehead atoms. The predicted octanol–water partition coefficient (Wildman–Crippen LogP) is 2.12. The van der Waals surface area contributed by atoms with Gasteiger partial charge in [0, 0.05) is 7.43 Å². The van der Waals surface area contributed by atoms with Gasteiger partial charge in [-0.1, -0.05) is 0 Å². The summed E-state index contributed by atoms with van der Waals surface area (Å²) in [4.78, 5) is 0. The van der Waals surface area contributed by atoms with Crippen LogP contribution in [0.15, 0.2) is 10.2 Å². The second kappa shape index (κ2) is 4.57. The second-order valence-electron chi connectivity index (χ2n) is 3.54. The van der Waals surface area contributed by atoms with Gasteiger partial charge in [0.1, 0.15) is 0 Å². The topological polar surface area (TPSA) is 72.3 Å². The second-order valence-corrected chi connectivity index (χ2v) is 3.54. The summed E-state index contributed by atoms with van der Waals surface area (Å²) in [6.45, 7) is 6.57. The molecule has 0 rings (SSSR count). The largest absolute Gasteiger partial charge is 0.196 e. The van der Waals surface area contributed by atoms with Gasteiger partial charge in [0.2, 0.25) is 0 Å². The summed E-state index contributed by atoms with van der Waals surface area (Å²) in [7, 11) is 0. The van der Waals surface area contributed by atoms with Crippen molar-refractivity contribution in [3.8, 4) is 12.1 Å². The van der Waals surface area contributed by atoms with E-state index in [4.69, 9.17) is 10.5 Å². The normalized spacial score (nSPS) is 11.5. The van der Waals surface area contributed by atoms with Gasteiger partial charge in [0.15, 0.2) is 11.1 Å². The molecule has 0 aromatic heterocycles. The summed E-state index contributed by atoms with van der Waals surface area (Å²) in [5.41, 5.74) is -1.68. The van der Waals surface area contributed by atoms with Gasteiger partial charge in [0.25, 0.3) is 0 Å². The van der Waals surface area contributed by atoms with Crippen molar-refractivity contribution in [2.75, 3.05) is 0 Å². The fraction of sp³-hybridized carbons (Fsp3) is 0.667. The van der Waals surface area contributed by atoms with Gasteiger partial charge in [-0.05, 0) is 27.7 Å². The summed E-state index contributed by atoms with van der Waals surface area (Å²) in [6, 6.07) is 3.94. The molecule has 0 atom stereocenters. The minimum Gasteiger partial charge on any atom is -0.196 e. The third kappa shape index (κ3) is 5.81. The van der Waals surface area contributed by atoms with E-state index >= 15 is 0 Å². The number of hydrogen-bond acceptors (Lipinski definition) is 4. The summed E-state index contributed by atoms with van der Waals surface area (Å²) in [5, 5.41) is 24.7. The van der Waals surface area contributed by atoms with Crippen molar-refractivity contribution < 1.29 is 0 Å². The van der Waals surface area contributed by atoms with E-state index in [1.165, 1.54) is 0 Å². The Kier molecular flexibility index (Phi) is 4.96. The molecule has 68 valence electrons. The monoisotopic (exact) mass is 176 g/mol. The third-order valence-electron chi connectivity index (χ3n) is 1.10. The molecule has 0 aromatic carbocycles. The Hall–Kier alpha value is -1.42. The van der Waals surface area contributed by atoms with Gasteiger partial charge in [-0.25, -0.2) is 0 Å². The minimum absolute atomic E-state index is 0. The van der Waals surface area contributed by atoms with Crippen molar-refractivity contribution in [3.05, 3.63) is 7.43 Å². The van der Waals surface area contributed by atoms with E-state index in [0.29, 0.717) is 0 Å². The Morgan fingerprint density at radius 2 is 1.08 bits per heavy atom. The zero-order valence-corrected chi connectivity index (χ0v) is 8.29. The van der Waals surface area contributed by atoms with Crippen molar-refractivity contribution >= 4 is 0 Å². The van der Waals surface area contributed by atoms with E-state index in [0.717, 1.165) is 0 Å². The molecule has 0 N–H and O–H groups in total. The number of nitrogens with zero attached hydrogens (tertiary/aromatic N) is 4. The van der Waals surface area contributed by atoms with Crippen molar-refractivity contribution in [2.24, 2.45) is 10.2 Å². The molecule has 0 aliphatic rings. The fourth-order valence-electron chi connectivity index (χ4n) is 0.295. The summed E-state index contributed by atoms with van der Waals surface area (Å²) >= 11 is 0. The maximum absolute atomic E-state index is 8.58. The van der Waals surface area contributed by atoms with E-state index in [9.17, 15) is 0 Å². The highest BCUT2D eigenvalue weighted by Crippen LogP contribution is 2.13. The van der Waals surface area contributed by atoms with Gasteiger partial charge in [-0.3, -0.25) is 0 Å². The fourth-order valence-corrected chi connectivity index (χ4v) is 0.295. The molecular formula is C9H12N4. The maximum atomic E-state index is 8.58. The van der Waals surface area contributed by atoms with E-state index in [-0.39, 0.29) is 7.43 Å². The Balaban J connectivity index is 0. The lowest BCUT2D eigenvalue weighted by molar-refractivity contribution is 0.541. The predicted molar refractivity (Wildman–Crippen MR) is 47.5 cm³/mol. The molecule has 0 unspecified atom stereocenters.